The van der Waals surface area contributed by atoms with Gasteiger partial charge in [0.1, 0.15) is 23.2 Å². The first-order valence-electron chi connectivity index (χ1n) is 13.1. The Bertz CT molecular complexity index is 1630. The van der Waals surface area contributed by atoms with E-state index < -0.39 is 46.9 Å². The minimum absolute atomic E-state index is 0. The van der Waals surface area contributed by atoms with Crippen molar-refractivity contribution in [3.8, 4) is 11.3 Å². The molecule has 3 aromatic carbocycles. The molecule has 3 N–H and O–H groups in total. The molecule has 6 nitrogen and oxygen atoms in total. The minimum Gasteiger partial charge on any atom is -0.480 e. The number of carbonyl (C=O) groups is 2. The van der Waals surface area contributed by atoms with Crippen LogP contribution in [-0.2, 0) is 17.4 Å². The van der Waals surface area contributed by atoms with Crippen LogP contribution in [0.1, 0.15) is 54.7 Å². The van der Waals surface area contributed by atoms with E-state index in [1.54, 1.807) is 24.3 Å². The van der Waals surface area contributed by atoms with Crippen LogP contribution in [-0.4, -0.2) is 34.1 Å². The number of carbonyl (C=O) groups excluding carboxylic acids is 1. The Morgan fingerprint density at radius 2 is 1.63 bits per heavy atom. The first-order chi connectivity index (χ1) is 19.8. The number of fused-ring (bicyclic) bond motifs is 1. The van der Waals surface area contributed by atoms with Crippen molar-refractivity contribution < 1.29 is 36.6 Å². The number of carboxylic acids is 1. The summed E-state index contributed by atoms with van der Waals surface area (Å²) in [7, 11) is 0. The molecule has 11 heteroatoms. The molecule has 1 amide bonds. The number of rotatable bonds is 9. The number of anilines is 1. The summed E-state index contributed by atoms with van der Waals surface area (Å²) in [5.74, 6) is -5.05. The number of pyridine rings is 1. The van der Waals surface area contributed by atoms with Crippen molar-refractivity contribution in [1.29, 1.82) is 0 Å². The van der Waals surface area contributed by atoms with E-state index in [1.807, 2.05) is 13.8 Å². The maximum Gasteiger partial charge on any atom is 0.418 e. The second-order valence-corrected chi connectivity index (χ2v) is 10.0. The maximum atomic E-state index is 14.8. The molecular formula is C32H32F5N3O3. The summed E-state index contributed by atoms with van der Waals surface area (Å²) in [6.07, 6.45) is -3.01. The molecule has 0 aliphatic carbocycles. The van der Waals surface area contributed by atoms with Gasteiger partial charge in [-0.15, -0.1) is 0 Å². The standard InChI is InChI=1S/C31H28F5N3O3.CH4/c1-4-17(3)38-19-14-23(32)26(24(33)15-19)29(40)39-25(30(41)42)13-18-9-10-22(21-8-6-5-7-20(18)21)28-27(31(34,35)36)16(2)11-12-37-28;/h5-12,14-15,17,25,38H,4,13H2,1-3H3,(H,39,40)(H,41,42);1H4/t17-,25-;/m0./s1. The van der Waals surface area contributed by atoms with Crippen LogP contribution in [0.15, 0.2) is 60.8 Å². The molecule has 1 aromatic heterocycles. The van der Waals surface area contributed by atoms with E-state index >= 15 is 0 Å². The Morgan fingerprint density at radius 3 is 2.21 bits per heavy atom. The van der Waals surface area contributed by atoms with Crippen molar-refractivity contribution in [2.24, 2.45) is 0 Å². The Morgan fingerprint density at radius 1 is 1.00 bits per heavy atom. The molecule has 2 atom stereocenters. The lowest BCUT2D eigenvalue weighted by molar-refractivity contribution is -0.139. The first kappa shape index (κ1) is 33.0. The van der Waals surface area contributed by atoms with Crippen LogP contribution >= 0.6 is 0 Å². The quantitative estimate of drug-likeness (QED) is 0.171. The largest absolute Gasteiger partial charge is 0.480 e. The van der Waals surface area contributed by atoms with Crippen LogP contribution in [0.5, 0.6) is 0 Å². The van der Waals surface area contributed by atoms with Crippen LogP contribution in [0.25, 0.3) is 22.0 Å². The predicted octanol–water partition coefficient (Wildman–Crippen LogP) is 7.78. The fourth-order valence-corrected chi connectivity index (χ4v) is 4.78. The van der Waals surface area contributed by atoms with Gasteiger partial charge in [0.25, 0.3) is 5.91 Å². The Kier molecular flexibility index (Phi) is 10.1. The summed E-state index contributed by atoms with van der Waals surface area (Å²) in [5.41, 5.74) is -1.37. The number of hydrogen-bond acceptors (Lipinski definition) is 4. The summed E-state index contributed by atoms with van der Waals surface area (Å²) in [5, 5.41) is 15.8. The number of carboxylic acid groups (broad SMARTS) is 1. The van der Waals surface area contributed by atoms with Gasteiger partial charge in [0.05, 0.1) is 11.3 Å². The van der Waals surface area contributed by atoms with E-state index in [-0.39, 0.29) is 42.4 Å². The van der Waals surface area contributed by atoms with Gasteiger partial charge in [-0.25, -0.2) is 13.6 Å². The number of amides is 1. The minimum atomic E-state index is -4.67. The van der Waals surface area contributed by atoms with Gasteiger partial charge in [-0.05, 0) is 60.4 Å². The fraction of sp³-hybridized carbons (Fsp3) is 0.281. The summed E-state index contributed by atoms with van der Waals surface area (Å²) in [6, 6.07) is 10.8. The molecule has 0 radical (unpaired) electrons. The molecule has 0 aliphatic rings. The number of aromatic nitrogens is 1. The van der Waals surface area contributed by atoms with Gasteiger partial charge in [0.15, 0.2) is 0 Å². The van der Waals surface area contributed by atoms with Gasteiger partial charge >= 0.3 is 12.1 Å². The van der Waals surface area contributed by atoms with Crippen LogP contribution in [0.4, 0.5) is 27.6 Å². The molecule has 0 unspecified atom stereocenters. The average molecular weight is 602 g/mol. The highest BCUT2D eigenvalue weighted by Crippen LogP contribution is 2.40. The first-order valence-corrected chi connectivity index (χ1v) is 13.1. The molecule has 228 valence electrons. The van der Waals surface area contributed by atoms with Gasteiger partial charge in [-0.1, -0.05) is 50.7 Å². The lowest BCUT2D eigenvalue weighted by Crippen LogP contribution is -2.43. The van der Waals surface area contributed by atoms with Crippen LogP contribution < -0.4 is 10.6 Å². The van der Waals surface area contributed by atoms with Gasteiger partial charge in [-0.3, -0.25) is 9.78 Å². The van der Waals surface area contributed by atoms with Crippen molar-refractivity contribution in [2.75, 3.05) is 5.32 Å². The highest BCUT2D eigenvalue weighted by atomic mass is 19.4. The van der Waals surface area contributed by atoms with E-state index in [0.29, 0.717) is 22.8 Å². The van der Waals surface area contributed by atoms with Crippen molar-refractivity contribution in [3.05, 3.63) is 94.7 Å². The average Bonchev–Trinajstić information content (AvgIpc) is 2.91. The highest BCUT2D eigenvalue weighted by Gasteiger charge is 2.36. The monoisotopic (exact) mass is 601 g/mol. The predicted molar refractivity (Wildman–Crippen MR) is 156 cm³/mol. The molecule has 4 rings (SSSR count). The second-order valence-electron chi connectivity index (χ2n) is 10.0. The summed E-state index contributed by atoms with van der Waals surface area (Å²) >= 11 is 0. The topological polar surface area (TPSA) is 91.3 Å². The third-order valence-corrected chi connectivity index (χ3v) is 7.03. The lowest BCUT2D eigenvalue weighted by Gasteiger charge is -2.19. The molecule has 0 saturated carbocycles. The molecule has 0 bridgehead atoms. The third-order valence-electron chi connectivity index (χ3n) is 7.03. The van der Waals surface area contributed by atoms with E-state index in [1.165, 1.54) is 31.3 Å². The number of benzene rings is 3. The number of nitrogens with zero attached hydrogens (tertiary/aromatic N) is 1. The third kappa shape index (κ3) is 7.10. The van der Waals surface area contributed by atoms with E-state index in [9.17, 15) is 36.6 Å². The number of hydrogen-bond donors (Lipinski definition) is 3. The van der Waals surface area contributed by atoms with E-state index in [2.05, 4.69) is 15.6 Å². The van der Waals surface area contributed by atoms with Gasteiger partial charge in [0.2, 0.25) is 0 Å². The molecular weight excluding hydrogens is 569 g/mol. The van der Waals surface area contributed by atoms with Gasteiger partial charge < -0.3 is 15.7 Å². The van der Waals surface area contributed by atoms with E-state index in [4.69, 9.17) is 0 Å². The van der Waals surface area contributed by atoms with Crippen molar-refractivity contribution in [3.63, 3.8) is 0 Å². The number of alkyl halides is 3. The van der Waals surface area contributed by atoms with Crippen LogP contribution in [0, 0.1) is 18.6 Å². The maximum absolute atomic E-state index is 14.8. The zero-order chi connectivity index (χ0) is 30.8. The summed E-state index contributed by atoms with van der Waals surface area (Å²) in [4.78, 5) is 29.0. The summed E-state index contributed by atoms with van der Waals surface area (Å²) < 4.78 is 71.4. The zero-order valence-electron chi connectivity index (χ0n) is 22.9. The number of aryl methyl sites for hydroxylation is 1. The lowest BCUT2D eigenvalue weighted by atomic mass is 9.92. The molecule has 0 aliphatic heterocycles. The Labute approximate surface area is 246 Å². The fourth-order valence-electron chi connectivity index (χ4n) is 4.78. The number of aliphatic carboxylic acids is 1. The normalized spacial score (nSPS) is 12.7. The Balaban J connectivity index is 0.00000506. The van der Waals surface area contributed by atoms with Crippen molar-refractivity contribution in [1.82, 2.24) is 10.3 Å². The Hall–Kier alpha value is -4.54. The van der Waals surface area contributed by atoms with Crippen molar-refractivity contribution in [2.45, 2.75) is 59.3 Å². The van der Waals surface area contributed by atoms with E-state index in [0.717, 1.165) is 12.1 Å². The smallest absolute Gasteiger partial charge is 0.418 e. The molecule has 0 spiro atoms. The second kappa shape index (κ2) is 13.2. The number of nitrogens with one attached hydrogen (secondary N) is 2. The molecule has 0 fully saturated rings. The van der Waals surface area contributed by atoms with Crippen molar-refractivity contribution >= 4 is 28.3 Å². The highest BCUT2D eigenvalue weighted by molar-refractivity contribution is 6.00. The van der Waals surface area contributed by atoms with Crippen LogP contribution in [0.2, 0.25) is 0 Å². The molecule has 1 heterocycles. The number of halogens is 5. The zero-order valence-corrected chi connectivity index (χ0v) is 22.9. The SMILES string of the molecule is C.CC[C@H](C)Nc1cc(F)c(C(=O)N[C@@H](Cc2ccc(-c3nccc(C)c3C(F)(F)F)c3ccccc23)C(=O)O)c(F)c1. The van der Waals surface area contributed by atoms with Gasteiger partial charge in [0, 0.05) is 29.9 Å². The summed E-state index contributed by atoms with van der Waals surface area (Å²) in [6.45, 7) is 5.04. The molecule has 4 aromatic rings. The van der Waals surface area contributed by atoms with Crippen LogP contribution in [0.3, 0.4) is 0 Å². The molecule has 43 heavy (non-hydrogen) atoms. The van der Waals surface area contributed by atoms with Gasteiger partial charge in [-0.2, -0.15) is 13.2 Å². The molecule has 0 saturated heterocycles.